The van der Waals surface area contributed by atoms with Gasteiger partial charge in [0, 0.05) is 0 Å². The van der Waals surface area contributed by atoms with Crippen molar-refractivity contribution in [2.75, 3.05) is 0 Å². The molecule has 0 aromatic rings. The Balaban J connectivity index is 0. The molecule has 0 aromatic heterocycles. The van der Waals surface area contributed by atoms with E-state index in [4.69, 9.17) is 4.55 Å². The molecule has 0 aromatic carbocycles. The molecular weight excluding hydrogens is 215 g/mol. The molecule has 0 aliphatic heterocycles. The van der Waals surface area contributed by atoms with Gasteiger partial charge in [-0.3, -0.25) is 4.55 Å². The van der Waals surface area contributed by atoms with Gasteiger partial charge in [-0.15, -0.1) is 0 Å². The van der Waals surface area contributed by atoms with Crippen LogP contribution in [0.25, 0.3) is 0 Å². The molecule has 0 heterocycles. The molecular formula is HNaO6S3. The molecule has 56 valence electrons. The summed E-state index contributed by atoms with van der Waals surface area (Å²) in [6.45, 7) is 0. The van der Waals surface area contributed by atoms with Crippen LogP contribution < -0.4 is 29.6 Å². The topological polar surface area (TPSA) is 104 Å². The zero-order valence-electron chi connectivity index (χ0n) is 4.71. The average Bonchev–Trinajstić information content (AvgIpc) is 1.14. The molecule has 0 amide bonds. The Morgan fingerprint density at radius 3 is 1.70 bits per heavy atom. The van der Waals surface area contributed by atoms with Gasteiger partial charge in [0.25, 0.3) is 0 Å². The van der Waals surface area contributed by atoms with Crippen molar-refractivity contribution < 1.29 is 54.9 Å². The molecule has 0 radical (unpaired) electrons. The molecule has 6 nitrogen and oxygen atoms in total. The largest absolute Gasteiger partial charge is 1.00 e. The van der Waals surface area contributed by atoms with E-state index in [2.05, 4.69) is 14.8 Å². The van der Waals surface area contributed by atoms with E-state index in [0.717, 1.165) is 0 Å². The van der Waals surface area contributed by atoms with Gasteiger partial charge in [-0.1, -0.05) is 0 Å². The van der Waals surface area contributed by atoms with Crippen LogP contribution in [-0.2, 0) is 34.3 Å². The molecule has 10 heteroatoms. The Morgan fingerprint density at radius 1 is 1.40 bits per heavy atom. The van der Waals surface area contributed by atoms with Crippen molar-refractivity contribution in [3.05, 3.63) is 0 Å². The maximum Gasteiger partial charge on any atom is 1.00 e. The quantitative estimate of drug-likeness (QED) is 0.367. The number of hydrogen-bond donors (Lipinski definition) is 1. The van der Waals surface area contributed by atoms with Crippen LogP contribution in [0.1, 0.15) is 0 Å². The van der Waals surface area contributed by atoms with Gasteiger partial charge in [0.1, 0.15) is 9.05 Å². The second-order valence-corrected chi connectivity index (χ2v) is 4.35. The third kappa shape index (κ3) is 11.9. The summed E-state index contributed by atoms with van der Waals surface area (Å²) >= 11 is 3.44. The normalized spacial score (nSPS) is 17.0. The van der Waals surface area contributed by atoms with Crippen molar-refractivity contribution in [3.63, 3.8) is 0 Å². The van der Waals surface area contributed by atoms with E-state index >= 15 is 0 Å². The molecule has 1 unspecified atom stereocenters. The summed E-state index contributed by atoms with van der Waals surface area (Å²) in [6.07, 6.45) is 0. The Morgan fingerprint density at radius 2 is 1.70 bits per heavy atom. The third-order valence-electron chi connectivity index (χ3n) is 0.169. The van der Waals surface area contributed by atoms with Gasteiger partial charge in [0.15, 0.2) is 0 Å². The molecule has 10 heavy (non-hydrogen) atoms. The molecule has 0 saturated heterocycles. The van der Waals surface area contributed by atoms with E-state index in [1.165, 1.54) is 0 Å². The number of hydrogen-bond acceptors (Lipinski definition) is 6. The third-order valence-corrected chi connectivity index (χ3v) is 2.02. The predicted molar refractivity (Wildman–Crippen MR) is 28.9 cm³/mol. The van der Waals surface area contributed by atoms with Gasteiger partial charge in [-0.2, -0.15) is 12.0 Å². The van der Waals surface area contributed by atoms with Crippen molar-refractivity contribution in [1.82, 2.24) is 0 Å². The summed E-state index contributed by atoms with van der Waals surface area (Å²) in [5.74, 6) is 0. The van der Waals surface area contributed by atoms with E-state index < -0.39 is 19.5 Å². The molecule has 0 rings (SSSR count). The van der Waals surface area contributed by atoms with Gasteiger partial charge in [0.05, 0.1) is 0 Å². The Hall–Kier alpha value is 1.20. The first-order valence-corrected chi connectivity index (χ1v) is 5.05. The van der Waals surface area contributed by atoms with Gasteiger partial charge in [0.2, 0.25) is 0 Å². The molecule has 0 aliphatic carbocycles. The monoisotopic (exact) mass is 216 g/mol. The van der Waals surface area contributed by atoms with Crippen LogP contribution in [0.4, 0.5) is 0 Å². The summed E-state index contributed by atoms with van der Waals surface area (Å²) in [4.78, 5) is 0. The first-order valence-electron chi connectivity index (χ1n) is 1.35. The van der Waals surface area contributed by atoms with Gasteiger partial charge >= 0.3 is 40.0 Å². The van der Waals surface area contributed by atoms with Gasteiger partial charge in [-0.05, 0) is 11.2 Å². The SMILES string of the molecule is O=S(=O)(O)OS(=O)([O-])=S.[Na+]. The molecule has 0 bridgehead atoms. The van der Waals surface area contributed by atoms with E-state index in [-0.39, 0.29) is 29.6 Å². The maximum absolute atomic E-state index is 9.70. The smallest absolute Gasteiger partial charge is 0.747 e. The van der Waals surface area contributed by atoms with Crippen LogP contribution in [0.5, 0.6) is 0 Å². The van der Waals surface area contributed by atoms with Crippen LogP contribution in [0.2, 0.25) is 0 Å². The standard InChI is InChI=1S/Na.H2O6S3/c;1-8(2,3)6-9(4,5)7/h;(H,1,2,3)(H,4,5,7)/q+1;/p-1. The van der Waals surface area contributed by atoms with Gasteiger partial charge < -0.3 is 4.55 Å². The first kappa shape index (κ1) is 13.8. The van der Waals surface area contributed by atoms with Crippen LogP contribution in [0.3, 0.4) is 0 Å². The van der Waals surface area contributed by atoms with E-state index in [0.29, 0.717) is 0 Å². The summed E-state index contributed by atoms with van der Waals surface area (Å²) in [6, 6.07) is 0. The van der Waals surface area contributed by atoms with Crippen LogP contribution >= 0.6 is 0 Å². The van der Waals surface area contributed by atoms with Gasteiger partial charge in [-0.25, -0.2) is 4.21 Å². The van der Waals surface area contributed by atoms with E-state index in [1.807, 2.05) is 0 Å². The van der Waals surface area contributed by atoms with E-state index in [9.17, 15) is 17.2 Å². The molecule has 0 aliphatic rings. The average molecular weight is 216 g/mol. The van der Waals surface area contributed by atoms with Crippen molar-refractivity contribution in [1.29, 1.82) is 0 Å². The molecule has 1 atom stereocenters. The second-order valence-electron chi connectivity index (χ2n) is 0.904. The maximum atomic E-state index is 9.70. The fraction of sp³-hybridized carbons (Fsp3) is 0. The number of rotatable bonds is 2. The molecule has 1 N–H and O–H groups in total. The van der Waals surface area contributed by atoms with Crippen molar-refractivity contribution in [2.24, 2.45) is 0 Å². The fourth-order valence-corrected chi connectivity index (χ4v) is 1.58. The van der Waals surface area contributed by atoms with Crippen molar-refractivity contribution in [2.45, 2.75) is 0 Å². The summed E-state index contributed by atoms with van der Waals surface area (Å²) in [7, 11) is -9.51. The van der Waals surface area contributed by atoms with Crippen molar-refractivity contribution in [3.8, 4) is 0 Å². The minimum absolute atomic E-state index is 0. The van der Waals surface area contributed by atoms with Crippen molar-refractivity contribution >= 4 is 30.6 Å². The van der Waals surface area contributed by atoms with E-state index in [1.54, 1.807) is 0 Å². The molecule has 0 fully saturated rings. The minimum atomic E-state index is -4.97. The second kappa shape index (κ2) is 4.28. The minimum Gasteiger partial charge on any atom is -0.747 e. The Bertz CT molecular complexity index is 238. The first-order chi connectivity index (χ1) is 3.71. The summed E-state index contributed by atoms with van der Waals surface area (Å²) in [5.41, 5.74) is 0. The Kier molecular flexibility index (Phi) is 5.89. The Labute approximate surface area is 84.9 Å². The summed E-state index contributed by atoms with van der Waals surface area (Å²) < 4.78 is 49.1. The van der Waals surface area contributed by atoms with Crippen LogP contribution in [0, 0.1) is 0 Å². The zero-order chi connectivity index (χ0) is 7.71. The van der Waals surface area contributed by atoms with Crippen LogP contribution in [-0.4, -0.2) is 21.7 Å². The molecule has 0 spiro atoms. The fourth-order valence-electron chi connectivity index (χ4n) is 0.105. The van der Waals surface area contributed by atoms with Crippen LogP contribution in [0.15, 0.2) is 0 Å². The zero-order valence-corrected chi connectivity index (χ0v) is 9.16. The summed E-state index contributed by atoms with van der Waals surface area (Å²) in [5, 5.41) is 0. The predicted octanol–water partition coefficient (Wildman–Crippen LogP) is -4.40. The molecule has 0 saturated carbocycles.